The third-order valence-electron chi connectivity index (χ3n) is 3.28. The predicted molar refractivity (Wildman–Crippen MR) is 67.8 cm³/mol. The van der Waals surface area contributed by atoms with Gasteiger partial charge in [0.1, 0.15) is 5.02 Å². The van der Waals surface area contributed by atoms with Gasteiger partial charge in [0.25, 0.3) is 11.6 Å². The molecule has 1 amide bonds. The summed E-state index contributed by atoms with van der Waals surface area (Å²) in [7, 11) is 0. The molecule has 96 valence electrons. The minimum absolute atomic E-state index is 0.0337. The number of carbonyl (C=O) groups is 1. The van der Waals surface area contributed by atoms with Crippen molar-refractivity contribution in [2.75, 3.05) is 0 Å². The van der Waals surface area contributed by atoms with Crippen LogP contribution in [0.4, 0.5) is 5.69 Å². The average Bonchev–Trinajstić information content (AvgIpc) is 2.27. The largest absolute Gasteiger partial charge is 0.347 e. The molecule has 1 N–H and O–H groups in total. The van der Waals surface area contributed by atoms with Crippen LogP contribution in [0.15, 0.2) is 18.2 Å². The van der Waals surface area contributed by atoms with E-state index in [1.54, 1.807) is 0 Å². The van der Waals surface area contributed by atoms with Gasteiger partial charge in [-0.25, -0.2) is 0 Å². The fourth-order valence-electron chi connectivity index (χ4n) is 1.97. The van der Waals surface area contributed by atoms with Gasteiger partial charge in [0.2, 0.25) is 0 Å². The quantitative estimate of drug-likeness (QED) is 0.677. The van der Waals surface area contributed by atoms with Crippen molar-refractivity contribution in [1.29, 1.82) is 0 Å². The fourth-order valence-corrected chi connectivity index (χ4v) is 2.16. The Kier molecular flexibility index (Phi) is 3.26. The predicted octanol–water partition coefficient (Wildman–Crippen LogP) is 2.92. The van der Waals surface area contributed by atoms with E-state index in [0.717, 1.165) is 19.3 Å². The van der Waals surface area contributed by atoms with E-state index in [2.05, 4.69) is 5.32 Å². The van der Waals surface area contributed by atoms with Gasteiger partial charge in [-0.15, -0.1) is 0 Å². The highest BCUT2D eigenvalue weighted by Crippen LogP contribution is 2.31. The summed E-state index contributed by atoms with van der Waals surface area (Å²) < 4.78 is 0. The van der Waals surface area contributed by atoms with Crippen molar-refractivity contribution in [1.82, 2.24) is 5.32 Å². The molecule has 0 atom stereocenters. The molecule has 0 aromatic heterocycles. The maximum atomic E-state index is 12.0. The van der Waals surface area contributed by atoms with E-state index in [9.17, 15) is 14.9 Å². The smallest absolute Gasteiger partial charge is 0.288 e. The zero-order valence-electron chi connectivity index (χ0n) is 9.90. The van der Waals surface area contributed by atoms with Gasteiger partial charge in [0.15, 0.2) is 0 Å². The first kappa shape index (κ1) is 12.8. The molecule has 0 unspecified atom stereocenters. The number of carbonyl (C=O) groups excluding carboxylic acids is 1. The molecule has 1 aliphatic rings. The summed E-state index contributed by atoms with van der Waals surface area (Å²) in [5.74, 6) is -0.294. The van der Waals surface area contributed by atoms with Crippen LogP contribution in [0.5, 0.6) is 0 Å². The van der Waals surface area contributed by atoms with E-state index >= 15 is 0 Å². The maximum absolute atomic E-state index is 12.0. The summed E-state index contributed by atoms with van der Waals surface area (Å²) in [5, 5.41) is 13.7. The third kappa shape index (κ3) is 2.46. The number of nitro benzene ring substituents is 1. The lowest BCUT2D eigenvalue weighted by molar-refractivity contribution is -0.384. The molecular weight excluding hydrogens is 256 g/mol. The topological polar surface area (TPSA) is 72.2 Å². The maximum Gasteiger partial charge on any atom is 0.288 e. The number of amides is 1. The third-order valence-corrected chi connectivity index (χ3v) is 3.60. The van der Waals surface area contributed by atoms with Crippen molar-refractivity contribution >= 4 is 23.2 Å². The zero-order chi connectivity index (χ0) is 13.3. The van der Waals surface area contributed by atoms with Gasteiger partial charge in [-0.05, 0) is 38.3 Å². The Balaban J connectivity index is 2.20. The summed E-state index contributed by atoms with van der Waals surface area (Å²) >= 11 is 5.69. The number of hydrogen-bond donors (Lipinski definition) is 1. The molecule has 1 aliphatic carbocycles. The van der Waals surface area contributed by atoms with Gasteiger partial charge in [0.05, 0.1) is 4.92 Å². The first-order valence-corrected chi connectivity index (χ1v) is 6.05. The van der Waals surface area contributed by atoms with E-state index in [-0.39, 0.29) is 27.7 Å². The standard InChI is InChI=1S/C12H13ClN2O3/c1-12(5-2-6-12)14-11(16)8-3-4-9(13)10(7-8)15(17)18/h3-4,7H,2,5-6H2,1H3,(H,14,16). The number of nitro groups is 1. The Bertz CT molecular complexity index is 512. The monoisotopic (exact) mass is 268 g/mol. The lowest BCUT2D eigenvalue weighted by atomic mass is 9.78. The van der Waals surface area contributed by atoms with Gasteiger partial charge in [-0.3, -0.25) is 14.9 Å². The molecular formula is C12H13ClN2O3. The normalized spacial score (nSPS) is 16.8. The van der Waals surface area contributed by atoms with Gasteiger partial charge >= 0.3 is 0 Å². The van der Waals surface area contributed by atoms with Crippen LogP contribution >= 0.6 is 11.6 Å². The molecule has 0 heterocycles. The number of nitrogens with zero attached hydrogens (tertiary/aromatic N) is 1. The number of rotatable bonds is 3. The number of nitrogens with one attached hydrogen (secondary N) is 1. The van der Waals surface area contributed by atoms with Crippen LogP contribution in [0, 0.1) is 10.1 Å². The molecule has 1 saturated carbocycles. The van der Waals surface area contributed by atoms with Crippen LogP contribution in [0.2, 0.25) is 5.02 Å². The van der Waals surface area contributed by atoms with Crippen LogP contribution in [-0.4, -0.2) is 16.4 Å². The van der Waals surface area contributed by atoms with Crippen molar-refractivity contribution in [2.45, 2.75) is 31.7 Å². The second-order valence-corrected chi connectivity index (χ2v) is 5.20. The minimum atomic E-state index is -0.593. The van der Waals surface area contributed by atoms with Gasteiger partial charge in [-0.1, -0.05) is 11.6 Å². The molecule has 2 rings (SSSR count). The van der Waals surface area contributed by atoms with Crippen LogP contribution in [-0.2, 0) is 0 Å². The average molecular weight is 269 g/mol. The van der Waals surface area contributed by atoms with Crippen molar-refractivity contribution in [3.63, 3.8) is 0 Å². The molecule has 1 aromatic carbocycles. The Hall–Kier alpha value is -1.62. The molecule has 6 heteroatoms. The van der Waals surface area contributed by atoms with E-state index in [0.29, 0.717) is 0 Å². The van der Waals surface area contributed by atoms with E-state index in [1.165, 1.54) is 18.2 Å². The second-order valence-electron chi connectivity index (χ2n) is 4.79. The first-order chi connectivity index (χ1) is 8.41. The summed E-state index contributed by atoms with van der Waals surface area (Å²) in [6, 6.07) is 4.07. The van der Waals surface area contributed by atoms with E-state index in [4.69, 9.17) is 11.6 Å². The van der Waals surface area contributed by atoms with Crippen molar-refractivity contribution < 1.29 is 9.72 Å². The highest BCUT2D eigenvalue weighted by molar-refractivity contribution is 6.32. The van der Waals surface area contributed by atoms with E-state index in [1.807, 2.05) is 6.92 Å². The number of hydrogen-bond acceptors (Lipinski definition) is 3. The summed E-state index contributed by atoms with van der Waals surface area (Å²) in [4.78, 5) is 22.1. The zero-order valence-corrected chi connectivity index (χ0v) is 10.7. The number of benzene rings is 1. The molecule has 5 nitrogen and oxygen atoms in total. The fraction of sp³-hybridized carbons (Fsp3) is 0.417. The van der Waals surface area contributed by atoms with Crippen LogP contribution < -0.4 is 5.32 Å². The summed E-state index contributed by atoms with van der Waals surface area (Å²) in [6.07, 6.45) is 2.97. The molecule has 18 heavy (non-hydrogen) atoms. The van der Waals surface area contributed by atoms with Crippen molar-refractivity contribution in [3.8, 4) is 0 Å². The van der Waals surface area contributed by atoms with E-state index < -0.39 is 4.92 Å². The lowest BCUT2D eigenvalue weighted by Gasteiger charge is -2.39. The van der Waals surface area contributed by atoms with Crippen molar-refractivity contribution in [3.05, 3.63) is 38.9 Å². The molecule has 0 spiro atoms. The van der Waals surface area contributed by atoms with Crippen LogP contribution in [0.25, 0.3) is 0 Å². The first-order valence-electron chi connectivity index (χ1n) is 5.68. The highest BCUT2D eigenvalue weighted by atomic mass is 35.5. The van der Waals surface area contributed by atoms with Gasteiger partial charge < -0.3 is 5.32 Å². The van der Waals surface area contributed by atoms with Crippen LogP contribution in [0.1, 0.15) is 36.5 Å². The Morgan fingerprint density at radius 1 is 1.50 bits per heavy atom. The SMILES string of the molecule is CC1(NC(=O)c2ccc(Cl)c([N+](=O)[O-])c2)CCC1. The molecule has 0 radical (unpaired) electrons. The van der Waals surface area contributed by atoms with Crippen LogP contribution in [0.3, 0.4) is 0 Å². The van der Waals surface area contributed by atoms with Gasteiger partial charge in [-0.2, -0.15) is 0 Å². The van der Waals surface area contributed by atoms with Crippen molar-refractivity contribution in [2.24, 2.45) is 0 Å². The van der Waals surface area contributed by atoms with Gasteiger partial charge in [0, 0.05) is 17.2 Å². The Morgan fingerprint density at radius 3 is 2.67 bits per heavy atom. The second kappa shape index (κ2) is 4.57. The molecule has 0 aliphatic heterocycles. The lowest BCUT2D eigenvalue weighted by Crippen LogP contribution is -2.50. The summed E-state index contributed by atoms with van der Waals surface area (Å²) in [5.41, 5.74) is -0.159. The molecule has 0 saturated heterocycles. The molecule has 0 bridgehead atoms. The molecule has 1 fully saturated rings. The molecule has 1 aromatic rings. The Labute approximate surface area is 109 Å². The Morgan fingerprint density at radius 2 is 2.17 bits per heavy atom. The number of halogens is 1. The summed E-state index contributed by atoms with van der Waals surface area (Å²) in [6.45, 7) is 1.97. The highest BCUT2D eigenvalue weighted by Gasteiger charge is 2.33. The minimum Gasteiger partial charge on any atom is -0.347 e.